The Bertz CT molecular complexity index is 1010. The summed E-state index contributed by atoms with van der Waals surface area (Å²) in [5.41, 5.74) is 1.64. The van der Waals surface area contributed by atoms with Crippen molar-refractivity contribution < 1.29 is 19.1 Å². The van der Waals surface area contributed by atoms with Crippen molar-refractivity contribution in [2.45, 2.75) is 19.8 Å². The number of hydrogen-bond acceptors (Lipinski definition) is 4. The first-order valence-corrected chi connectivity index (χ1v) is 10.3. The lowest BCUT2D eigenvalue weighted by atomic mass is 10.1. The number of rotatable bonds is 10. The third kappa shape index (κ3) is 6.89. The zero-order valence-electron chi connectivity index (χ0n) is 17.5. The lowest BCUT2D eigenvalue weighted by molar-refractivity contribution is -0.116. The minimum atomic E-state index is -0.295. The maximum absolute atomic E-state index is 12.8. The zero-order valence-corrected chi connectivity index (χ0v) is 17.5. The molecule has 0 radical (unpaired) electrons. The van der Waals surface area contributed by atoms with E-state index in [1.54, 1.807) is 42.5 Å². The number of para-hydroxylation sites is 2. The molecule has 0 spiro atoms. The number of nitrogens with one attached hydrogen (secondary N) is 2. The first-order chi connectivity index (χ1) is 15.2. The first kappa shape index (κ1) is 21.9. The van der Waals surface area contributed by atoms with Gasteiger partial charge in [0, 0.05) is 17.8 Å². The summed E-state index contributed by atoms with van der Waals surface area (Å²) in [7, 11) is 0. The molecule has 0 atom stereocenters. The number of carbonyl (C=O) groups excluding carboxylic acids is 2. The Morgan fingerprint density at radius 1 is 0.774 bits per heavy atom. The molecule has 0 fully saturated rings. The molecule has 3 aromatic carbocycles. The van der Waals surface area contributed by atoms with Crippen LogP contribution in [0.3, 0.4) is 0 Å². The predicted molar refractivity (Wildman–Crippen MR) is 122 cm³/mol. The number of carbonyl (C=O) groups is 2. The van der Waals surface area contributed by atoms with E-state index in [1.165, 1.54) is 0 Å². The second-order valence-corrected chi connectivity index (χ2v) is 6.84. The van der Waals surface area contributed by atoms with Gasteiger partial charge in [-0.2, -0.15) is 0 Å². The second-order valence-electron chi connectivity index (χ2n) is 6.84. The molecule has 0 aliphatic heterocycles. The summed E-state index contributed by atoms with van der Waals surface area (Å²) < 4.78 is 11.4. The standard InChI is InChI=1S/C25H26N2O4/c1-2-9-24(28)26-19-10-8-11-20(18-19)27-25(29)22-14-6-7-15-23(22)31-17-16-30-21-12-4-3-5-13-21/h3-8,10-15,18H,2,9,16-17H2,1H3,(H,26,28)(H,27,29). The van der Waals surface area contributed by atoms with Gasteiger partial charge in [0.05, 0.1) is 5.56 Å². The zero-order chi connectivity index (χ0) is 21.9. The monoisotopic (exact) mass is 418 g/mol. The van der Waals surface area contributed by atoms with E-state index < -0.39 is 0 Å². The molecule has 6 nitrogen and oxygen atoms in total. The summed E-state index contributed by atoms with van der Waals surface area (Å²) in [6.07, 6.45) is 1.23. The van der Waals surface area contributed by atoms with Crippen molar-refractivity contribution in [3.05, 3.63) is 84.4 Å². The van der Waals surface area contributed by atoms with Crippen LogP contribution in [0.4, 0.5) is 11.4 Å². The van der Waals surface area contributed by atoms with E-state index in [0.717, 1.165) is 12.2 Å². The highest BCUT2D eigenvalue weighted by Crippen LogP contribution is 2.21. The third-order valence-corrected chi connectivity index (χ3v) is 4.37. The molecule has 160 valence electrons. The van der Waals surface area contributed by atoms with Crippen LogP contribution in [0.15, 0.2) is 78.9 Å². The van der Waals surface area contributed by atoms with E-state index >= 15 is 0 Å². The molecular weight excluding hydrogens is 392 g/mol. The highest BCUT2D eigenvalue weighted by molar-refractivity contribution is 6.06. The van der Waals surface area contributed by atoms with Crippen LogP contribution in [0, 0.1) is 0 Å². The average molecular weight is 418 g/mol. The van der Waals surface area contributed by atoms with Crippen molar-refractivity contribution in [1.29, 1.82) is 0 Å². The number of ether oxygens (including phenoxy) is 2. The molecule has 3 rings (SSSR count). The summed E-state index contributed by atoms with van der Waals surface area (Å²) in [4.78, 5) is 24.6. The van der Waals surface area contributed by atoms with Crippen molar-refractivity contribution in [3.8, 4) is 11.5 Å². The third-order valence-electron chi connectivity index (χ3n) is 4.37. The number of anilines is 2. The van der Waals surface area contributed by atoms with Gasteiger partial charge in [0.1, 0.15) is 24.7 Å². The topological polar surface area (TPSA) is 76.7 Å². The van der Waals surface area contributed by atoms with E-state index in [2.05, 4.69) is 10.6 Å². The first-order valence-electron chi connectivity index (χ1n) is 10.3. The fourth-order valence-corrected chi connectivity index (χ4v) is 2.93. The van der Waals surface area contributed by atoms with Crippen LogP contribution in [-0.4, -0.2) is 25.0 Å². The Kier molecular flexibility index (Phi) is 8.05. The summed E-state index contributed by atoms with van der Waals surface area (Å²) >= 11 is 0. The fraction of sp³-hybridized carbons (Fsp3) is 0.200. The van der Waals surface area contributed by atoms with Crippen molar-refractivity contribution in [3.63, 3.8) is 0 Å². The molecular formula is C25H26N2O4. The summed E-state index contributed by atoms with van der Waals surface area (Å²) in [6, 6.07) is 23.6. The predicted octanol–water partition coefficient (Wildman–Crippen LogP) is 5.14. The van der Waals surface area contributed by atoms with Crippen molar-refractivity contribution >= 4 is 23.2 Å². The highest BCUT2D eigenvalue weighted by Gasteiger charge is 2.13. The fourth-order valence-electron chi connectivity index (χ4n) is 2.93. The van der Waals surface area contributed by atoms with Gasteiger partial charge in [-0.3, -0.25) is 9.59 Å². The number of hydrogen-bond donors (Lipinski definition) is 2. The van der Waals surface area contributed by atoms with Gasteiger partial charge >= 0.3 is 0 Å². The molecule has 0 aliphatic carbocycles. The van der Waals surface area contributed by atoms with Crippen molar-refractivity contribution in [2.75, 3.05) is 23.8 Å². The molecule has 0 unspecified atom stereocenters. The smallest absolute Gasteiger partial charge is 0.259 e. The summed E-state index contributed by atoms with van der Waals surface area (Å²) in [5, 5.41) is 5.69. The molecule has 0 saturated heterocycles. The van der Waals surface area contributed by atoms with E-state index in [-0.39, 0.29) is 11.8 Å². The molecule has 0 aromatic heterocycles. The molecule has 0 saturated carbocycles. The quantitative estimate of drug-likeness (QED) is 0.447. The minimum absolute atomic E-state index is 0.0533. The van der Waals surface area contributed by atoms with E-state index in [4.69, 9.17) is 9.47 Å². The molecule has 2 N–H and O–H groups in total. The van der Waals surface area contributed by atoms with Crippen LogP contribution in [-0.2, 0) is 4.79 Å². The molecule has 6 heteroatoms. The van der Waals surface area contributed by atoms with Gasteiger partial charge in [-0.05, 0) is 48.9 Å². The second kappa shape index (κ2) is 11.4. The van der Waals surface area contributed by atoms with Crippen molar-refractivity contribution in [1.82, 2.24) is 0 Å². The van der Waals surface area contributed by atoms with Gasteiger partial charge in [-0.25, -0.2) is 0 Å². The Morgan fingerprint density at radius 3 is 2.23 bits per heavy atom. The summed E-state index contributed by atoms with van der Waals surface area (Å²) in [6.45, 7) is 2.61. The lowest BCUT2D eigenvalue weighted by Gasteiger charge is -2.13. The van der Waals surface area contributed by atoms with Crippen LogP contribution in [0.5, 0.6) is 11.5 Å². The maximum Gasteiger partial charge on any atom is 0.259 e. The summed E-state index contributed by atoms with van der Waals surface area (Å²) in [5.74, 6) is 0.895. The van der Waals surface area contributed by atoms with Gasteiger partial charge in [0.2, 0.25) is 5.91 Å². The normalized spacial score (nSPS) is 10.2. The molecule has 0 heterocycles. The van der Waals surface area contributed by atoms with Crippen LogP contribution >= 0.6 is 0 Å². The minimum Gasteiger partial charge on any atom is -0.490 e. The van der Waals surface area contributed by atoms with Gasteiger partial charge < -0.3 is 20.1 Å². The van der Waals surface area contributed by atoms with Crippen LogP contribution in [0.1, 0.15) is 30.1 Å². The van der Waals surface area contributed by atoms with Gasteiger partial charge in [0.15, 0.2) is 0 Å². The van der Waals surface area contributed by atoms with Crippen LogP contribution in [0.2, 0.25) is 0 Å². The van der Waals surface area contributed by atoms with Gasteiger partial charge in [-0.1, -0.05) is 43.3 Å². The Labute approximate surface area is 182 Å². The SMILES string of the molecule is CCCC(=O)Nc1cccc(NC(=O)c2ccccc2OCCOc2ccccc2)c1. The Morgan fingerprint density at radius 2 is 1.45 bits per heavy atom. The van der Waals surface area contributed by atoms with E-state index in [9.17, 15) is 9.59 Å². The van der Waals surface area contributed by atoms with Crippen LogP contribution in [0.25, 0.3) is 0 Å². The average Bonchev–Trinajstić information content (AvgIpc) is 2.78. The Balaban J connectivity index is 1.59. The van der Waals surface area contributed by atoms with E-state index in [1.807, 2.05) is 43.3 Å². The Hall–Kier alpha value is -3.80. The maximum atomic E-state index is 12.8. The number of amides is 2. The molecule has 3 aromatic rings. The molecule has 2 amide bonds. The van der Waals surface area contributed by atoms with Crippen LogP contribution < -0.4 is 20.1 Å². The molecule has 0 aliphatic rings. The highest BCUT2D eigenvalue weighted by atomic mass is 16.5. The van der Waals surface area contributed by atoms with Crippen molar-refractivity contribution in [2.24, 2.45) is 0 Å². The van der Waals surface area contributed by atoms with Gasteiger partial charge in [-0.15, -0.1) is 0 Å². The lowest BCUT2D eigenvalue weighted by Crippen LogP contribution is -2.16. The molecule has 0 bridgehead atoms. The molecule has 31 heavy (non-hydrogen) atoms. The largest absolute Gasteiger partial charge is 0.490 e. The van der Waals surface area contributed by atoms with Gasteiger partial charge in [0.25, 0.3) is 5.91 Å². The van der Waals surface area contributed by atoms with E-state index in [0.29, 0.717) is 42.3 Å². The number of benzene rings is 3.